The average molecular weight is 421 g/mol. The van der Waals surface area contributed by atoms with Gasteiger partial charge in [-0.25, -0.2) is 4.98 Å². The number of pyridine rings is 2. The number of rotatable bonds is 5. The number of anilines is 2. The molecule has 2 amide bonds. The van der Waals surface area contributed by atoms with Gasteiger partial charge in [0.2, 0.25) is 5.91 Å². The summed E-state index contributed by atoms with van der Waals surface area (Å²) in [5, 5.41) is 2.85. The molecule has 0 unspecified atom stereocenters. The number of hydrogen-bond donors (Lipinski definition) is 1. The normalized spacial score (nSPS) is 14.3. The summed E-state index contributed by atoms with van der Waals surface area (Å²) >= 11 is 0. The first kappa shape index (κ1) is 20.9. The number of nitrogens with zero attached hydrogens (tertiary/aromatic N) is 5. The molecule has 0 saturated carbocycles. The van der Waals surface area contributed by atoms with Gasteiger partial charge in [0.15, 0.2) is 0 Å². The number of piperazine rings is 1. The fourth-order valence-corrected chi connectivity index (χ4v) is 3.76. The molecule has 31 heavy (non-hydrogen) atoms. The molecule has 4 rings (SSSR count). The average Bonchev–Trinajstić information content (AvgIpc) is 3.18. The first-order valence-corrected chi connectivity index (χ1v) is 10.4. The van der Waals surface area contributed by atoms with Crippen molar-refractivity contribution in [3.8, 4) is 0 Å². The van der Waals surface area contributed by atoms with Gasteiger partial charge in [-0.15, -0.1) is 0 Å². The summed E-state index contributed by atoms with van der Waals surface area (Å²) < 4.78 is 2.04. The van der Waals surface area contributed by atoms with Crippen LogP contribution < -0.4 is 10.2 Å². The molecule has 8 heteroatoms. The molecule has 0 bridgehead atoms. The van der Waals surface area contributed by atoms with Crippen LogP contribution in [0.1, 0.15) is 15.9 Å². The zero-order valence-corrected chi connectivity index (χ0v) is 18.2. The molecule has 1 saturated heterocycles. The summed E-state index contributed by atoms with van der Waals surface area (Å²) in [6.07, 6.45) is 3.59. The van der Waals surface area contributed by atoms with E-state index >= 15 is 0 Å². The molecule has 3 aromatic rings. The van der Waals surface area contributed by atoms with Gasteiger partial charge in [0.1, 0.15) is 11.6 Å². The molecule has 1 aliphatic rings. The van der Waals surface area contributed by atoms with Gasteiger partial charge in [0.05, 0.1) is 12.1 Å². The second-order valence-electron chi connectivity index (χ2n) is 8.18. The fourth-order valence-electron chi connectivity index (χ4n) is 3.76. The molecule has 4 heterocycles. The van der Waals surface area contributed by atoms with Gasteiger partial charge in [-0.3, -0.25) is 9.59 Å². The van der Waals surface area contributed by atoms with Gasteiger partial charge >= 0.3 is 0 Å². The van der Waals surface area contributed by atoms with E-state index in [1.54, 1.807) is 12.3 Å². The maximum absolute atomic E-state index is 12.7. The zero-order valence-electron chi connectivity index (χ0n) is 18.2. The lowest BCUT2D eigenvalue weighted by Crippen LogP contribution is -2.51. The highest BCUT2D eigenvalue weighted by molar-refractivity contribution is 6.03. The highest BCUT2D eigenvalue weighted by atomic mass is 16.2. The molecule has 1 aliphatic heterocycles. The van der Waals surface area contributed by atoms with E-state index in [0.29, 0.717) is 31.0 Å². The largest absolute Gasteiger partial charge is 0.354 e. The van der Waals surface area contributed by atoms with Crippen molar-refractivity contribution in [2.45, 2.75) is 6.92 Å². The van der Waals surface area contributed by atoms with Crippen LogP contribution in [0.25, 0.3) is 5.52 Å². The number of amides is 2. The topological polar surface area (TPSA) is 73.2 Å². The Morgan fingerprint density at radius 2 is 1.77 bits per heavy atom. The standard InChI is InChI=1S/C23H28N6O2/c1-17-4-8-20(24-14-17)25-23(31)18-5-6-19-7-9-21(29(19)15-18)27-10-12-28(13-11-27)22(30)16-26(2)3/h4-9,14-15H,10-13,16H2,1-3H3,(H,24,25,31). The summed E-state index contributed by atoms with van der Waals surface area (Å²) in [6, 6.07) is 11.6. The van der Waals surface area contributed by atoms with Gasteiger partial charge < -0.3 is 24.4 Å². The summed E-state index contributed by atoms with van der Waals surface area (Å²) in [5.41, 5.74) is 2.62. The first-order valence-electron chi connectivity index (χ1n) is 10.4. The predicted molar refractivity (Wildman–Crippen MR) is 122 cm³/mol. The van der Waals surface area contributed by atoms with Crippen molar-refractivity contribution in [2.75, 3.05) is 57.0 Å². The van der Waals surface area contributed by atoms with Gasteiger partial charge in [-0.2, -0.15) is 0 Å². The Morgan fingerprint density at radius 3 is 2.45 bits per heavy atom. The molecule has 0 aromatic carbocycles. The maximum atomic E-state index is 12.7. The number of aryl methyl sites for hydroxylation is 1. The van der Waals surface area contributed by atoms with E-state index in [1.165, 1.54) is 0 Å². The summed E-state index contributed by atoms with van der Waals surface area (Å²) in [7, 11) is 3.81. The van der Waals surface area contributed by atoms with E-state index in [9.17, 15) is 9.59 Å². The number of carbonyl (C=O) groups is 2. The minimum absolute atomic E-state index is 0.160. The summed E-state index contributed by atoms with van der Waals surface area (Å²) in [5.74, 6) is 1.52. The van der Waals surface area contributed by atoms with Crippen LogP contribution in [-0.2, 0) is 4.79 Å². The summed E-state index contributed by atoms with van der Waals surface area (Å²) in [4.78, 5) is 35.4. The van der Waals surface area contributed by atoms with Gasteiger partial charge in [0, 0.05) is 44.1 Å². The van der Waals surface area contributed by atoms with Crippen molar-refractivity contribution < 1.29 is 9.59 Å². The lowest BCUT2D eigenvalue weighted by atomic mass is 10.2. The Morgan fingerprint density at radius 1 is 1.03 bits per heavy atom. The Balaban J connectivity index is 1.48. The van der Waals surface area contributed by atoms with Crippen molar-refractivity contribution >= 4 is 29.0 Å². The van der Waals surface area contributed by atoms with Crippen LogP contribution in [0.15, 0.2) is 48.8 Å². The Bertz CT molecular complexity index is 1080. The van der Waals surface area contributed by atoms with Crippen LogP contribution in [0.2, 0.25) is 0 Å². The first-order chi connectivity index (χ1) is 14.9. The van der Waals surface area contributed by atoms with Crippen LogP contribution in [0, 0.1) is 6.92 Å². The Hall–Kier alpha value is -3.39. The van der Waals surface area contributed by atoms with Crippen molar-refractivity contribution in [3.63, 3.8) is 0 Å². The van der Waals surface area contributed by atoms with Crippen molar-refractivity contribution in [1.29, 1.82) is 0 Å². The van der Waals surface area contributed by atoms with Crippen LogP contribution in [-0.4, -0.2) is 77.8 Å². The minimum Gasteiger partial charge on any atom is -0.354 e. The molecule has 0 atom stereocenters. The fraction of sp³-hybridized carbons (Fsp3) is 0.348. The van der Waals surface area contributed by atoms with Crippen LogP contribution in [0.4, 0.5) is 11.6 Å². The quantitative estimate of drug-likeness (QED) is 0.684. The number of carbonyl (C=O) groups excluding carboxylic acids is 2. The van der Waals surface area contributed by atoms with Crippen molar-refractivity contribution in [1.82, 2.24) is 19.2 Å². The lowest BCUT2D eigenvalue weighted by molar-refractivity contribution is -0.132. The second-order valence-corrected chi connectivity index (χ2v) is 8.18. The SMILES string of the molecule is Cc1ccc(NC(=O)c2ccc3ccc(N4CCN(C(=O)CN(C)C)CC4)n3c2)nc1. The number of hydrogen-bond acceptors (Lipinski definition) is 5. The minimum atomic E-state index is -0.197. The van der Waals surface area contributed by atoms with Crippen molar-refractivity contribution in [2.24, 2.45) is 0 Å². The number of likely N-dealkylation sites (N-methyl/N-ethyl adjacent to an activating group) is 1. The van der Waals surface area contributed by atoms with Gasteiger partial charge in [-0.05, 0) is 56.9 Å². The van der Waals surface area contributed by atoms with E-state index in [4.69, 9.17) is 0 Å². The smallest absolute Gasteiger partial charge is 0.258 e. The van der Waals surface area contributed by atoms with E-state index in [2.05, 4.69) is 21.3 Å². The predicted octanol–water partition coefficient (Wildman–Crippen LogP) is 2.11. The van der Waals surface area contributed by atoms with E-state index in [0.717, 1.165) is 30.0 Å². The zero-order chi connectivity index (χ0) is 22.0. The number of nitrogens with one attached hydrogen (secondary N) is 1. The number of aromatic nitrogens is 2. The van der Waals surface area contributed by atoms with Crippen LogP contribution >= 0.6 is 0 Å². The molecule has 1 fully saturated rings. The van der Waals surface area contributed by atoms with E-state index < -0.39 is 0 Å². The molecule has 162 valence electrons. The monoisotopic (exact) mass is 420 g/mol. The molecular weight excluding hydrogens is 392 g/mol. The molecule has 8 nitrogen and oxygen atoms in total. The third-order valence-electron chi connectivity index (χ3n) is 5.45. The van der Waals surface area contributed by atoms with Gasteiger partial charge in [0.25, 0.3) is 5.91 Å². The molecule has 1 N–H and O–H groups in total. The molecular formula is C23H28N6O2. The Kier molecular flexibility index (Phi) is 5.90. The summed E-state index contributed by atoms with van der Waals surface area (Å²) in [6.45, 7) is 5.29. The number of fused-ring (bicyclic) bond motifs is 1. The Labute approximate surface area is 182 Å². The highest BCUT2D eigenvalue weighted by Gasteiger charge is 2.23. The van der Waals surface area contributed by atoms with Crippen molar-refractivity contribution in [3.05, 3.63) is 59.9 Å². The third-order valence-corrected chi connectivity index (χ3v) is 5.45. The molecule has 3 aromatic heterocycles. The van der Waals surface area contributed by atoms with E-state index in [-0.39, 0.29) is 11.8 Å². The maximum Gasteiger partial charge on any atom is 0.258 e. The lowest BCUT2D eigenvalue weighted by Gasteiger charge is -2.36. The van der Waals surface area contributed by atoms with E-state index in [1.807, 2.05) is 65.7 Å². The molecule has 0 spiro atoms. The second kappa shape index (κ2) is 8.77. The van der Waals surface area contributed by atoms with Crippen LogP contribution in [0.5, 0.6) is 0 Å². The van der Waals surface area contributed by atoms with Crippen LogP contribution in [0.3, 0.4) is 0 Å². The highest BCUT2D eigenvalue weighted by Crippen LogP contribution is 2.22. The molecule has 0 radical (unpaired) electrons. The molecule has 0 aliphatic carbocycles. The third kappa shape index (κ3) is 4.69. The van der Waals surface area contributed by atoms with Gasteiger partial charge in [-0.1, -0.05) is 6.07 Å².